The number of esters is 1. The van der Waals surface area contributed by atoms with Crippen molar-refractivity contribution in [1.82, 2.24) is 9.55 Å². The number of aryl methyl sites for hydroxylation is 1. The average molecular weight is 190 g/mol. The van der Waals surface area contributed by atoms with Gasteiger partial charge in [0.1, 0.15) is 5.82 Å². The second kappa shape index (κ2) is 3.51. The van der Waals surface area contributed by atoms with E-state index in [9.17, 15) is 13.6 Å². The van der Waals surface area contributed by atoms with Crippen LogP contribution in [-0.2, 0) is 4.74 Å². The molecule has 0 N–H and O–H groups in total. The van der Waals surface area contributed by atoms with Gasteiger partial charge in [-0.25, -0.2) is 9.78 Å². The van der Waals surface area contributed by atoms with E-state index in [0.29, 0.717) is 4.57 Å². The van der Waals surface area contributed by atoms with E-state index < -0.39 is 12.5 Å². The van der Waals surface area contributed by atoms with Crippen LogP contribution in [0.25, 0.3) is 0 Å². The van der Waals surface area contributed by atoms with Gasteiger partial charge in [0.15, 0.2) is 5.69 Å². The molecule has 0 aromatic carbocycles. The molecule has 0 saturated carbocycles. The molecule has 0 spiro atoms. The molecule has 0 aliphatic rings. The van der Waals surface area contributed by atoms with Crippen molar-refractivity contribution in [1.29, 1.82) is 0 Å². The highest BCUT2D eigenvalue weighted by molar-refractivity contribution is 5.86. The average Bonchev–Trinajstić information content (AvgIpc) is 2.46. The monoisotopic (exact) mass is 190 g/mol. The van der Waals surface area contributed by atoms with Crippen LogP contribution in [0.5, 0.6) is 0 Å². The molecule has 0 atom stereocenters. The third kappa shape index (κ3) is 1.82. The number of alkyl halides is 2. The molecule has 1 aromatic rings. The highest BCUT2D eigenvalue weighted by Crippen LogP contribution is 2.14. The zero-order chi connectivity index (χ0) is 10.0. The van der Waals surface area contributed by atoms with Gasteiger partial charge in [0, 0.05) is 6.20 Å². The maximum Gasteiger partial charge on any atom is 0.358 e. The molecule has 0 unspecified atom stereocenters. The molecule has 1 aromatic heterocycles. The van der Waals surface area contributed by atoms with E-state index in [0.717, 1.165) is 6.20 Å². The number of imidazole rings is 1. The minimum absolute atomic E-state index is 0.0791. The highest BCUT2D eigenvalue weighted by atomic mass is 19.3. The smallest absolute Gasteiger partial charge is 0.358 e. The minimum Gasteiger partial charge on any atom is -0.464 e. The van der Waals surface area contributed by atoms with Crippen molar-refractivity contribution in [2.24, 2.45) is 0 Å². The molecule has 1 rings (SSSR count). The van der Waals surface area contributed by atoms with Crippen molar-refractivity contribution >= 4 is 5.97 Å². The fourth-order valence-electron chi connectivity index (χ4n) is 0.887. The van der Waals surface area contributed by atoms with Crippen LogP contribution in [0.3, 0.4) is 0 Å². The Morgan fingerprint density at radius 2 is 2.31 bits per heavy atom. The summed E-state index contributed by atoms with van der Waals surface area (Å²) in [6, 6.07) is 0. The first-order chi connectivity index (χ1) is 6.06. The van der Waals surface area contributed by atoms with Gasteiger partial charge in [-0.2, -0.15) is 8.78 Å². The lowest BCUT2D eigenvalue weighted by atomic mass is 10.5. The van der Waals surface area contributed by atoms with E-state index in [-0.39, 0.29) is 11.5 Å². The van der Waals surface area contributed by atoms with Crippen molar-refractivity contribution in [2.75, 3.05) is 7.11 Å². The Morgan fingerprint density at radius 3 is 2.69 bits per heavy atom. The molecule has 0 amide bonds. The van der Waals surface area contributed by atoms with Gasteiger partial charge in [-0.05, 0) is 6.92 Å². The van der Waals surface area contributed by atoms with E-state index in [1.165, 1.54) is 14.0 Å². The Bertz CT molecular complexity index is 322. The van der Waals surface area contributed by atoms with E-state index >= 15 is 0 Å². The van der Waals surface area contributed by atoms with Gasteiger partial charge in [0.2, 0.25) is 0 Å². The van der Waals surface area contributed by atoms with Crippen LogP contribution in [0.1, 0.15) is 22.9 Å². The summed E-state index contributed by atoms with van der Waals surface area (Å²) in [5.41, 5.74) is -0.111. The van der Waals surface area contributed by atoms with Crippen molar-refractivity contribution in [3.05, 3.63) is 17.7 Å². The van der Waals surface area contributed by atoms with E-state index in [1.54, 1.807) is 0 Å². The van der Waals surface area contributed by atoms with E-state index in [1.807, 2.05) is 0 Å². The van der Waals surface area contributed by atoms with Crippen LogP contribution in [0, 0.1) is 6.92 Å². The van der Waals surface area contributed by atoms with Crippen molar-refractivity contribution in [3.63, 3.8) is 0 Å². The molecule has 13 heavy (non-hydrogen) atoms. The molecular formula is C7H8F2N2O2. The van der Waals surface area contributed by atoms with Gasteiger partial charge < -0.3 is 4.74 Å². The quantitative estimate of drug-likeness (QED) is 0.661. The first-order valence-electron chi connectivity index (χ1n) is 3.48. The number of hydrogen-bond acceptors (Lipinski definition) is 3. The Morgan fingerprint density at radius 1 is 1.69 bits per heavy atom. The lowest BCUT2D eigenvalue weighted by molar-refractivity contribution is 0.0590. The molecule has 6 heteroatoms. The van der Waals surface area contributed by atoms with Gasteiger partial charge >= 0.3 is 12.5 Å². The first-order valence-corrected chi connectivity index (χ1v) is 3.48. The second-order valence-corrected chi connectivity index (χ2v) is 2.35. The predicted octanol–water partition coefficient (Wildman–Crippen LogP) is 1.37. The summed E-state index contributed by atoms with van der Waals surface area (Å²) in [5, 5.41) is 0. The fourth-order valence-corrected chi connectivity index (χ4v) is 0.887. The summed E-state index contributed by atoms with van der Waals surface area (Å²) in [5.74, 6) is -0.641. The number of halogens is 2. The number of hydrogen-bond donors (Lipinski definition) is 0. The minimum atomic E-state index is -2.69. The third-order valence-corrected chi connectivity index (χ3v) is 1.52. The molecule has 0 aliphatic heterocycles. The number of nitrogens with zero attached hydrogens (tertiary/aromatic N) is 2. The van der Waals surface area contributed by atoms with Crippen LogP contribution in [0.15, 0.2) is 6.20 Å². The number of carbonyl (C=O) groups is 1. The van der Waals surface area contributed by atoms with Crippen LogP contribution in [0.4, 0.5) is 8.78 Å². The molecule has 0 radical (unpaired) electrons. The predicted molar refractivity (Wildman–Crippen MR) is 39.6 cm³/mol. The van der Waals surface area contributed by atoms with Gasteiger partial charge in [-0.3, -0.25) is 4.57 Å². The molecule has 72 valence electrons. The maximum absolute atomic E-state index is 12.2. The molecule has 0 saturated heterocycles. The number of ether oxygens (including phenoxy) is 1. The Balaban J connectivity index is 3.02. The summed E-state index contributed by atoms with van der Waals surface area (Å²) in [6.45, 7) is -1.30. The molecule has 1 heterocycles. The first kappa shape index (κ1) is 9.63. The Hall–Kier alpha value is -1.46. The van der Waals surface area contributed by atoms with E-state index in [4.69, 9.17) is 0 Å². The highest BCUT2D eigenvalue weighted by Gasteiger charge is 2.16. The lowest BCUT2D eigenvalue weighted by Gasteiger charge is -1.99. The molecule has 0 fully saturated rings. The van der Waals surface area contributed by atoms with E-state index in [2.05, 4.69) is 9.72 Å². The van der Waals surface area contributed by atoms with Gasteiger partial charge in [0.25, 0.3) is 0 Å². The summed E-state index contributed by atoms with van der Waals surface area (Å²) in [7, 11) is 1.17. The van der Waals surface area contributed by atoms with Crippen LogP contribution < -0.4 is 0 Å². The Kier molecular flexibility index (Phi) is 2.60. The van der Waals surface area contributed by atoms with Gasteiger partial charge in [0.05, 0.1) is 7.11 Å². The summed E-state index contributed by atoms with van der Waals surface area (Å²) in [6.07, 6.45) is 0.964. The second-order valence-electron chi connectivity index (χ2n) is 2.35. The number of carbonyl (C=O) groups excluding carboxylic acids is 1. The largest absolute Gasteiger partial charge is 0.464 e. The zero-order valence-electron chi connectivity index (χ0n) is 7.12. The number of methoxy groups -OCH3 is 1. The topological polar surface area (TPSA) is 44.1 Å². The Labute approximate surface area is 73.1 Å². The van der Waals surface area contributed by atoms with Crippen molar-refractivity contribution in [3.8, 4) is 0 Å². The number of aromatic nitrogens is 2. The summed E-state index contributed by atoms with van der Waals surface area (Å²) < 4.78 is 29.3. The molecule has 4 nitrogen and oxygen atoms in total. The standard InChI is InChI=1S/C7H8F2N2O2/c1-4-10-5(6(12)13-2)3-11(4)7(8)9/h3,7H,1-2H3. The fraction of sp³-hybridized carbons (Fsp3) is 0.429. The number of rotatable bonds is 2. The molecule has 0 bridgehead atoms. The van der Waals surface area contributed by atoms with Crippen molar-refractivity contribution in [2.45, 2.75) is 13.5 Å². The molecule has 0 aliphatic carbocycles. The maximum atomic E-state index is 12.2. The lowest BCUT2D eigenvalue weighted by Crippen LogP contribution is -2.01. The SMILES string of the molecule is COC(=O)c1cn(C(F)F)c(C)n1. The van der Waals surface area contributed by atoms with Crippen LogP contribution >= 0.6 is 0 Å². The summed E-state index contributed by atoms with van der Waals surface area (Å²) in [4.78, 5) is 14.5. The molecular weight excluding hydrogens is 182 g/mol. The normalized spacial score (nSPS) is 10.5. The van der Waals surface area contributed by atoms with Gasteiger partial charge in [-0.15, -0.1) is 0 Å². The third-order valence-electron chi connectivity index (χ3n) is 1.52. The van der Waals surface area contributed by atoms with Crippen LogP contribution in [0.2, 0.25) is 0 Å². The summed E-state index contributed by atoms with van der Waals surface area (Å²) >= 11 is 0. The van der Waals surface area contributed by atoms with Crippen LogP contribution in [-0.4, -0.2) is 22.6 Å². The van der Waals surface area contributed by atoms with Gasteiger partial charge in [-0.1, -0.05) is 0 Å². The van der Waals surface area contributed by atoms with Crippen molar-refractivity contribution < 1.29 is 18.3 Å². The zero-order valence-corrected chi connectivity index (χ0v) is 7.12.